The summed E-state index contributed by atoms with van der Waals surface area (Å²) in [4.78, 5) is 9.81. The summed E-state index contributed by atoms with van der Waals surface area (Å²) in [6, 6.07) is 9.85. The average Bonchev–Trinajstić information content (AvgIpc) is 3.19. The van der Waals surface area contributed by atoms with E-state index in [2.05, 4.69) is 39.6 Å². The Morgan fingerprint density at radius 3 is 2.73 bits per heavy atom. The Hall–Kier alpha value is -2.29. The highest BCUT2D eigenvalue weighted by molar-refractivity contribution is 7.12. The van der Waals surface area contributed by atoms with Crippen LogP contribution in [0.2, 0.25) is 0 Å². The van der Waals surface area contributed by atoms with Gasteiger partial charge < -0.3 is 25.2 Å². The summed E-state index contributed by atoms with van der Waals surface area (Å²) in [5.41, 5.74) is 0.727. The fraction of sp³-hybridized carbons (Fsp3) is 0.500. The summed E-state index contributed by atoms with van der Waals surface area (Å²) >= 11 is 1.84. The lowest BCUT2D eigenvalue weighted by Gasteiger charge is -2.34. The largest absolute Gasteiger partial charge is 0.508 e. The summed E-state index contributed by atoms with van der Waals surface area (Å²) in [6.07, 6.45) is 0. The van der Waals surface area contributed by atoms with Crippen molar-refractivity contribution in [3.8, 4) is 11.5 Å². The van der Waals surface area contributed by atoms with Crippen molar-refractivity contribution in [3.63, 3.8) is 0 Å². The second-order valence-electron chi connectivity index (χ2n) is 7.18. The third-order valence-corrected chi connectivity index (χ3v) is 6.18. The Labute approximate surface area is 182 Å². The maximum atomic E-state index is 10.1. The second-order valence-corrected chi connectivity index (χ2v) is 8.50. The predicted molar refractivity (Wildman–Crippen MR) is 122 cm³/mol. The number of nitrogens with one attached hydrogen (secondary N) is 2. The van der Waals surface area contributed by atoms with Crippen LogP contribution in [-0.4, -0.2) is 62.5 Å². The molecule has 1 aromatic carbocycles. The lowest BCUT2D eigenvalue weighted by molar-refractivity contribution is 0.0177. The van der Waals surface area contributed by atoms with Gasteiger partial charge in [-0.05, 0) is 44.2 Å². The quantitative estimate of drug-likeness (QED) is 0.440. The molecule has 1 aliphatic rings. The molecule has 164 valence electrons. The Bertz CT molecular complexity index is 834. The number of hydrogen-bond acceptors (Lipinski definition) is 6. The molecule has 0 radical (unpaired) electrons. The zero-order chi connectivity index (χ0) is 21.3. The number of methoxy groups -OCH3 is 1. The molecule has 0 saturated carbocycles. The summed E-state index contributed by atoms with van der Waals surface area (Å²) in [5, 5.41) is 16.9. The molecule has 0 spiro atoms. The molecule has 3 N–H and O–H groups in total. The van der Waals surface area contributed by atoms with Crippen molar-refractivity contribution >= 4 is 17.3 Å². The lowest BCUT2D eigenvalue weighted by atomic mass is 10.2. The van der Waals surface area contributed by atoms with Gasteiger partial charge in [0.15, 0.2) is 5.96 Å². The summed E-state index contributed by atoms with van der Waals surface area (Å²) < 4.78 is 10.8. The highest BCUT2D eigenvalue weighted by Crippen LogP contribution is 2.28. The molecule has 1 fully saturated rings. The number of aliphatic imine (C=N–C) groups is 1. The number of morpholine rings is 1. The molecule has 8 heteroatoms. The fourth-order valence-electron chi connectivity index (χ4n) is 3.45. The summed E-state index contributed by atoms with van der Waals surface area (Å²) in [6.45, 7) is 9.44. The predicted octanol–water partition coefficient (Wildman–Crippen LogP) is 2.90. The molecule has 1 unspecified atom stereocenters. The van der Waals surface area contributed by atoms with Crippen LogP contribution >= 0.6 is 11.3 Å². The zero-order valence-electron chi connectivity index (χ0n) is 18.0. The molecule has 1 aromatic heterocycles. The van der Waals surface area contributed by atoms with Gasteiger partial charge in [0.1, 0.15) is 11.5 Å². The Balaban J connectivity index is 1.71. The highest BCUT2D eigenvalue weighted by Gasteiger charge is 2.24. The summed E-state index contributed by atoms with van der Waals surface area (Å²) in [7, 11) is 1.61. The molecule has 0 amide bonds. The molecule has 1 atom stereocenters. The van der Waals surface area contributed by atoms with E-state index in [0.717, 1.165) is 50.9 Å². The van der Waals surface area contributed by atoms with Crippen molar-refractivity contribution in [1.29, 1.82) is 0 Å². The first kappa shape index (κ1) is 22.4. The second kappa shape index (κ2) is 11.2. The topological polar surface area (TPSA) is 78.4 Å². The van der Waals surface area contributed by atoms with Crippen molar-refractivity contribution in [1.82, 2.24) is 15.5 Å². The van der Waals surface area contributed by atoms with Gasteiger partial charge in [-0.15, -0.1) is 11.3 Å². The van der Waals surface area contributed by atoms with E-state index in [0.29, 0.717) is 12.3 Å². The number of aryl methyl sites for hydroxylation is 1. The van der Waals surface area contributed by atoms with Crippen LogP contribution in [0.5, 0.6) is 11.5 Å². The van der Waals surface area contributed by atoms with Crippen LogP contribution in [0.15, 0.2) is 35.3 Å². The van der Waals surface area contributed by atoms with Crippen molar-refractivity contribution in [2.75, 3.05) is 46.5 Å². The maximum Gasteiger partial charge on any atom is 0.191 e. The smallest absolute Gasteiger partial charge is 0.191 e. The van der Waals surface area contributed by atoms with Gasteiger partial charge in [-0.2, -0.15) is 0 Å². The number of hydrogen-bond donors (Lipinski definition) is 3. The fourth-order valence-corrected chi connectivity index (χ4v) is 4.46. The van der Waals surface area contributed by atoms with Crippen LogP contribution in [0.1, 0.15) is 28.3 Å². The van der Waals surface area contributed by atoms with Gasteiger partial charge >= 0.3 is 0 Å². The third kappa shape index (κ3) is 6.10. The summed E-state index contributed by atoms with van der Waals surface area (Å²) in [5.74, 6) is 1.65. The third-order valence-electron chi connectivity index (χ3n) is 5.08. The van der Waals surface area contributed by atoms with E-state index in [1.54, 1.807) is 19.2 Å². The van der Waals surface area contributed by atoms with Gasteiger partial charge in [0.05, 0.1) is 32.9 Å². The van der Waals surface area contributed by atoms with Gasteiger partial charge in [-0.1, -0.05) is 0 Å². The van der Waals surface area contributed by atoms with E-state index in [1.165, 1.54) is 9.75 Å². The van der Waals surface area contributed by atoms with Crippen molar-refractivity contribution in [2.24, 2.45) is 4.99 Å². The first-order chi connectivity index (χ1) is 14.6. The van der Waals surface area contributed by atoms with Gasteiger partial charge in [0, 0.05) is 41.5 Å². The van der Waals surface area contributed by atoms with Crippen LogP contribution in [-0.2, 0) is 11.3 Å². The number of guanidine groups is 1. The number of nitrogens with zero attached hydrogens (tertiary/aromatic N) is 2. The van der Waals surface area contributed by atoms with Crippen LogP contribution in [0.4, 0.5) is 0 Å². The zero-order valence-corrected chi connectivity index (χ0v) is 18.8. The minimum Gasteiger partial charge on any atom is -0.508 e. The standard InChI is InChI=1S/C22H32N4O3S/c1-4-23-22(24-14-17-13-18(28-3)6-7-20(17)27)25-15-19(21-8-5-16(2)30-21)26-9-11-29-12-10-26/h5-8,13,19,27H,4,9-12,14-15H2,1-3H3,(H2,23,24,25). The van der Waals surface area contributed by atoms with E-state index in [-0.39, 0.29) is 11.8 Å². The maximum absolute atomic E-state index is 10.1. The number of ether oxygens (including phenoxy) is 2. The molecule has 3 rings (SSSR count). The van der Waals surface area contributed by atoms with Crippen LogP contribution in [0.3, 0.4) is 0 Å². The molecule has 0 aliphatic carbocycles. The number of rotatable bonds is 8. The van der Waals surface area contributed by atoms with Crippen molar-refractivity contribution < 1.29 is 14.6 Å². The highest BCUT2D eigenvalue weighted by atomic mass is 32.1. The minimum atomic E-state index is 0.218. The SMILES string of the molecule is CCNC(=NCc1cc(OC)ccc1O)NCC(c1ccc(C)s1)N1CCOCC1. The molecular formula is C22H32N4O3S. The first-order valence-electron chi connectivity index (χ1n) is 10.4. The van der Waals surface area contributed by atoms with Gasteiger partial charge in [-0.3, -0.25) is 4.90 Å². The van der Waals surface area contributed by atoms with Crippen molar-refractivity contribution in [3.05, 3.63) is 45.6 Å². The number of phenolic OH excluding ortho intramolecular Hbond substituents is 1. The number of thiophene rings is 1. The Kier molecular flexibility index (Phi) is 8.36. The average molecular weight is 433 g/mol. The molecule has 2 aromatic rings. The van der Waals surface area contributed by atoms with E-state index in [4.69, 9.17) is 9.47 Å². The van der Waals surface area contributed by atoms with E-state index in [1.807, 2.05) is 24.3 Å². The van der Waals surface area contributed by atoms with E-state index >= 15 is 0 Å². The number of phenols is 1. The Morgan fingerprint density at radius 2 is 2.07 bits per heavy atom. The molecule has 30 heavy (non-hydrogen) atoms. The van der Waals surface area contributed by atoms with Crippen LogP contribution in [0, 0.1) is 6.92 Å². The first-order valence-corrected chi connectivity index (χ1v) is 11.2. The monoisotopic (exact) mass is 432 g/mol. The van der Waals surface area contributed by atoms with Crippen LogP contribution < -0.4 is 15.4 Å². The van der Waals surface area contributed by atoms with E-state index < -0.39 is 0 Å². The molecule has 7 nitrogen and oxygen atoms in total. The normalized spacial score (nSPS) is 16.3. The van der Waals surface area contributed by atoms with Crippen LogP contribution in [0.25, 0.3) is 0 Å². The molecule has 2 heterocycles. The van der Waals surface area contributed by atoms with Gasteiger partial charge in [0.25, 0.3) is 0 Å². The number of benzene rings is 1. The molecule has 0 bridgehead atoms. The lowest BCUT2D eigenvalue weighted by Crippen LogP contribution is -2.46. The van der Waals surface area contributed by atoms with Gasteiger partial charge in [0.2, 0.25) is 0 Å². The number of aromatic hydroxyl groups is 1. The Morgan fingerprint density at radius 1 is 1.27 bits per heavy atom. The molecule has 1 aliphatic heterocycles. The molecular weight excluding hydrogens is 400 g/mol. The minimum absolute atomic E-state index is 0.218. The van der Waals surface area contributed by atoms with Gasteiger partial charge in [-0.25, -0.2) is 4.99 Å². The molecule has 1 saturated heterocycles. The van der Waals surface area contributed by atoms with Crippen molar-refractivity contribution in [2.45, 2.75) is 26.4 Å². The van der Waals surface area contributed by atoms with E-state index in [9.17, 15) is 5.11 Å².